The summed E-state index contributed by atoms with van der Waals surface area (Å²) in [5.41, 5.74) is -1.57. The van der Waals surface area contributed by atoms with Gasteiger partial charge in [0.1, 0.15) is 10.6 Å². The van der Waals surface area contributed by atoms with Crippen molar-refractivity contribution in [3.05, 3.63) is 15.6 Å². The fourth-order valence-corrected chi connectivity index (χ4v) is 2.99. The molecule has 0 radical (unpaired) electrons. The second kappa shape index (κ2) is 5.61. The van der Waals surface area contributed by atoms with Gasteiger partial charge in [-0.2, -0.15) is 13.2 Å². The van der Waals surface area contributed by atoms with E-state index in [1.807, 2.05) is 6.92 Å². The number of nitrogens with zero attached hydrogens (tertiary/aromatic N) is 1. The van der Waals surface area contributed by atoms with Crippen molar-refractivity contribution in [2.75, 3.05) is 6.61 Å². The topological polar surface area (TPSA) is 34.1 Å². The molecule has 3 nitrogen and oxygen atoms in total. The molecule has 1 saturated carbocycles. The van der Waals surface area contributed by atoms with Crippen molar-refractivity contribution < 1.29 is 17.9 Å². The number of hydrogen-bond donors (Lipinski definition) is 1. The molecular formula is C13H19F3N2OS. The highest BCUT2D eigenvalue weighted by Crippen LogP contribution is 2.38. The average molecular weight is 308 g/mol. The van der Waals surface area contributed by atoms with E-state index in [0.29, 0.717) is 17.7 Å². The summed E-state index contributed by atoms with van der Waals surface area (Å²) in [6, 6.07) is 0.363. The lowest BCUT2D eigenvalue weighted by atomic mass is 10.1. The van der Waals surface area contributed by atoms with Crippen LogP contribution in [0, 0.1) is 0 Å². The Morgan fingerprint density at radius 1 is 1.35 bits per heavy atom. The third kappa shape index (κ3) is 3.71. The van der Waals surface area contributed by atoms with Crippen molar-refractivity contribution in [2.45, 2.75) is 58.0 Å². The van der Waals surface area contributed by atoms with E-state index in [4.69, 9.17) is 4.74 Å². The van der Waals surface area contributed by atoms with Gasteiger partial charge in [-0.25, -0.2) is 4.98 Å². The number of alkyl halides is 3. The number of rotatable bonds is 6. The molecule has 0 aromatic carbocycles. The van der Waals surface area contributed by atoms with Crippen LogP contribution in [0.5, 0.6) is 0 Å². The minimum absolute atomic E-state index is 0.222. The Kier molecular flexibility index (Phi) is 4.41. The van der Waals surface area contributed by atoms with Crippen LogP contribution in [-0.2, 0) is 23.1 Å². The van der Waals surface area contributed by atoms with Crippen LogP contribution in [-0.4, -0.2) is 17.6 Å². The number of aromatic nitrogens is 1. The maximum atomic E-state index is 13.1. The molecule has 1 fully saturated rings. The van der Waals surface area contributed by atoms with E-state index in [2.05, 4.69) is 10.3 Å². The van der Waals surface area contributed by atoms with Crippen LogP contribution in [0.1, 0.15) is 49.2 Å². The smallest absolute Gasteiger partial charge is 0.369 e. The molecule has 114 valence electrons. The van der Waals surface area contributed by atoms with Gasteiger partial charge in [0.2, 0.25) is 0 Å². The molecule has 0 saturated heterocycles. The van der Waals surface area contributed by atoms with Crippen LogP contribution in [0.3, 0.4) is 0 Å². The zero-order valence-electron chi connectivity index (χ0n) is 11.8. The van der Waals surface area contributed by atoms with Crippen LogP contribution < -0.4 is 5.32 Å². The molecule has 0 aliphatic heterocycles. The van der Waals surface area contributed by atoms with E-state index in [-0.39, 0.29) is 11.4 Å². The maximum Gasteiger partial charge on any atom is 0.434 e. The van der Waals surface area contributed by atoms with Gasteiger partial charge in [0.15, 0.2) is 5.69 Å². The molecule has 2 rings (SSSR count). The SMILES string of the molecule is CCOC(C)(C)c1nc(C(F)(F)F)c(CNC2CC2)s1. The number of hydrogen-bond acceptors (Lipinski definition) is 4. The lowest BCUT2D eigenvalue weighted by Gasteiger charge is -2.21. The largest absolute Gasteiger partial charge is 0.434 e. The molecule has 1 aliphatic rings. The van der Waals surface area contributed by atoms with Crippen LogP contribution in [0.4, 0.5) is 13.2 Å². The number of halogens is 3. The molecule has 20 heavy (non-hydrogen) atoms. The van der Waals surface area contributed by atoms with Crippen molar-refractivity contribution in [2.24, 2.45) is 0 Å². The standard InChI is InChI=1S/C13H19F3N2OS/c1-4-19-12(2,3)11-18-10(13(14,15)16)9(20-11)7-17-8-5-6-8/h8,17H,4-7H2,1-3H3. The summed E-state index contributed by atoms with van der Waals surface area (Å²) in [5, 5.41) is 3.49. The highest BCUT2D eigenvalue weighted by molar-refractivity contribution is 7.11. The Morgan fingerprint density at radius 3 is 2.50 bits per heavy atom. The van der Waals surface area contributed by atoms with Crippen LogP contribution in [0.2, 0.25) is 0 Å². The summed E-state index contributed by atoms with van der Waals surface area (Å²) in [5.74, 6) is 0. The highest BCUT2D eigenvalue weighted by atomic mass is 32.1. The van der Waals surface area contributed by atoms with Gasteiger partial charge in [0.25, 0.3) is 0 Å². The van der Waals surface area contributed by atoms with E-state index in [1.165, 1.54) is 0 Å². The van der Waals surface area contributed by atoms with Gasteiger partial charge in [-0.1, -0.05) is 0 Å². The molecular weight excluding hydrogens is 289 g/mol. The summed E-state index contributed by atoms with van der Waals surface area (Å²) in [4.78, 5) is 4.04. The van der Waals surface area contributed by atoms with Gasteiger partial charge < -0.3 is 10.1 Å². The Labute approximate surface area is 120 Å². The van der Waals surface area contributed by atoms with Gasteiger partial charge in [-0.3, -0.25) is 0 Å². The first-order valence-electron chi connectivity index (χ1n) is 6.68. The minimum atomic E-state index is -4.42. The normalized spacial score (nSPS) is 16.7. The average Bonchev–Trinajstić information content (AvgIpc) is 3.02. The van der Waals surface area contributed by atoms with Crippen molar-refractivity contribution in [3.8, 4) is 0 Å². The summed E-state index contributed by atoms with van der Waals surface area (Å²) < 4.78 is 44.6. The summed E-state index contributed by atoms with van der Waals surface area (Å²) in [6.07, 6.45) is -2.34. The van der Waals surface area contributed by atoms with Crippen LogP contribution in [0.25, 0.3) is 0 Å². The monoisotopic (exact) mass is 308 g/mol. The van der Waals surface area contributed by atoms with Crippen molar-refractivity contribution in [1.82, 2.24) is 10.3 Å². The predicted octanol–water partition coefficient (Wildman–Crippen LogP) is 3.69. The van der Waals surface area contributed by atoms with Crippen LogP contribution >= 0.6 is 11.3 Å². The predicted molar refractivity (Wildman–Crippen MR) is 71.6 cm³/mol. The Balaban J connectivity index is 2.25. The minimum Gasteiger partial charge on any atom is -0.369 e. The fourth-order valence-electron chi connectivity index (χ4n) is 1.90. The summed E-state index contributed by atoms with van der Waals surface area (Å²) >= 11 is 1.08. The van der Waals surface area contributed by atoms with E-state index in [0.717, 1.165) is 24.2 Å². The van der Waals surface area contributed by atoms with Gasteiger partial charge in [0, 0.05) is 19.2 Å². The van der Waals surface area contributed by atoms with Gasteiger partial charge in [-0.15, -0.1) is 11.3 Å². The Morgan fingerprint density at radius 2 is 2.00 bits per heavy atom. The molecule has 0 spiro atoms. The molecule has 0 amide bonds. The fraction of sp³-hybridized carbons (Fsp3) is 0.769. The quantitative estimate of drug-likeness (QED) is 0.870. The first-order chi connectivity index (χ1) is 9.24. The molecule has 0 bridgehead atoms. The highest BCUT2D eigenvalue weighted by Gasteiger charge is 2.40. The zero-order valence-corrected chi connectivity index (χ0v) is 12.6. The molecule has 1 aromatic heterocycles. The summed E-state index contributed by atoms with van der Waals surface area (Å²) in [7, 11) is 0. The third-order valence-electron chi connectivity index (χ3n) is 3.11. The third-order valence-corrected chi connectivity index (χ3v) is 4.48. The number of thiazole rings is 1. The van der Waals surface area contributed by atoms with Gasteiger partial charge >= 0.3 is 6.18 Å². The first-order valence-corrected chi connectivity index (χ1v) is 7.50. The molecule has 1 aliphatic carbocycles. The molecule has 1 heterocycles. The Bertz CT molecular complexity index is 467. The first kappa shape index (κ1) is 15.7. The Hall–Kier alpha value is -0.660. The lowest BCUT2D eigenvalue weighted by Crippen LogP contribution is -2.21. The van der Waals surface area contributed by atoms with E-state index >= 15 is 0 Å². The number of nitrogens with one attached hydrogen (secondary N) is 1. The molecule has 7 heteroatoms. The van der Waals surface area contributed by atoms with Gasteiger partial charge in [0.05, 0.1) is 4.88 Å². The van der Waals surface area contributed by atoms with E-state index in [1.54, 1.807) is 13.8 Å². The van der Waals surface area contributed by atoms with Crippen molar-refractivity contribution in [1.29, 1.82) is 0 Å². The van der Waals surface area contributed by atoms with Crippen LogP contribution in [0.15, 0.2) is 0 Å². The number of ether oxygens (including phenoxy) is 1. The molecule has 0 unspecified atom stereocenters. The second-order valence-corrected chi connectivity index (χ2v) is 6.47. The molecule has 1 aromatic rings. The van der Waals surface area contributed by atoms with Gasteiger partial charge in [-0.05, 0) is 33.6 Å². The maximum absolute atomic E-state index is 13.1. The van der Waals surface area contributed by atoms with Crippen molar-refractivity contribution in [3.63, 3.8) is 0 Å². The van der Waals surface area contributed by atoms with E-state index < -0.39 is 17.5 Å². The van der Waals surface area contributed by atoms with E-state index in [9.17, 15) is 13.2 Å². The zero-order chi connectivity index (χ0) is 15.0. The second-order valence-electron chi connectivity index (χ2n) is 5.39. The molecule has 0 atom stereocenters. The molecule has 1 N–H and O–H groups in total. The van der Waals surface area contributed by atoms with Crippen molar-refractivity contribution >= 4 is 11.3 Å². The lowest BCUT2D eigenvalue weighted by molar-refractivity contribution is -0.141. The summed E-state index contributed by atoms with van der Waals surface area (Å²) in [6.45, 7) is 5.96.